The molecule has 0 radical (unpaired) electrons. The van der Waals surface area contributed by atoms with Crippen LogP contribution in [0.2, 0.25) is 0 Å². The van der Waals surface area contributed by atoms with Crippen LogP contribution in [0.4, 0.5) is 39.8 Å². The number of thiazole rings is 1. The summed E-state index contributed by atoms with van der Waals surface area (Å²) < 4.78 is 13.5. The molecule has 0 unspecified atom stereocenters. The third kappa shape index (κ3) is 5.41. The minimum absolute atomic E-state index is 0.840. The number of hydrogen-bond donors (Lipinski definition) is 0. The summed E-state index contributed by atoms with van der Waals surface area (Å²) in [7, 11) is 0. The largest absolute Gasteiger partial charge is 0.453 e. The number of ether oxygens (including phenoxy) is 2. The molecular formula is C46H32N4O2S. The first-order chi connectivity index (χ1) is 26.1. The number of benzene rings is 7. The predicted octanol–water partition coefficient (Wildman–Crippen LogP) is 13.6. The van der Waals surface area contributed by atoms with Crippen LogP contribution < -0.4 is 19.3 Å². The van der Waals surface area contributed by atoms with Gasteiger partial charge in [0.25, 0.3) is 0 Å². The minimum atomic E-state index is 0.840. The molecule has 1 aromatic heterocycles. The summed E-state index contributed by atoms with van der Waals surface area (Å²) in [6.45, 7) is 4.18. The first-order valence-corrected chi connectivity index (χ1v) is 18.4. The molecule has 0 saturated heterocycles. The van der Waals surface area contributed by atoms with Crippen LogP contribution in [-0.4, -0.2) is 10.7 Å². The van der Waals surface area contributed by atoms with Gasteiger partial charge in [0.2, 0.25) is 0 Å². The molecule has 0 amide bonds. The lowest BCUT2D eigenvalue weighted by molar-refractivity contribution is 0.477. The number of aliphatic imine (C=N–C) groups is 1. The van der Waals surface area contributed by atoms with Crippen LogP contribution in [0.5, 0.6) is 23.0 Å². The Morgan fingerprint density at radius 3 is 1.51 bits per heavy atom. The summed E-state index contributed by atoms with van der Waals surface area (Å²) in [5.41, 5.74) is 12.3. The Bertz CT molecular complexity index is 2630. The van der Waals surface area contributed by atoms with E-state index in [1.54, 1.807) is 11.3 Å². The Kier molecular flexibility index (Phi) is 7.33. The topological polar surface area (TPSA) is 50.2 Å². The van der Waals surface area contributed by atoms with E-state index >= 15 is 0 Å². The fraction of sp³-hybridized carbons (Fsp3) is 0.0435. The molecule has 0 aliphatic carbocycles. The van der Waals surface area contributed by atoms with Crippen molar-refractivity contribution < 1.29 is 9.47 Å². The van der Waals surface area contributed by atoms with Gasteiger partial charge in [-0.05, 0) is 122 Å². The highest BCUT2D eigenvalue weighted by Crippen LogP contribution is 2.51. The molecule has 0 fully saturated rings. The zero-order valence-electron chi connectivity index (χ0n) is 29.0. The number of para-hydroxylation sites is 8. The number of hydrogen-bond acceptors (Lipinski definition) is 7. The van der Waals surface area contributed by atoms with Crippen LogP contribution in [0.15, 0.2) is 163 Å². The van der Waals surface area contributed by atoms with Gasteiger partial charge in [-0.1, -0.05) is 60.7 Å². The van der Waals surface area contributed by atoms with Gasteiger partial charge >= 0.3 is 0 Å². The Labute approximate surface area is 311 Å². The van der Waals surface area contributed by atoms with Crippen LogP contribution in [0.1, 0.15) is 18.1 Å². The van der Waals surface area contributed by atoms with Gasteiger partial charge in [-0.25, -0.2) is 4.98 Å². The van der Waals surface area contributed by atoms with Crippen molar-refractivity contribution in [3.8, 4) is 33.6 Å². The molecule has 7 aromatic carbocycles. The molecule has 10 rings (SSSR count). The molecule has 2 aliphatic rings. The van der Waals surface area contributed by atoms with Crippen molar-refractivity contribution in [2.45, 2.75) is 13.8 Å². The number of aryl methyl sites for hydroxylation is 1. The maximum Gasteiger partial charge on any atom is 0.151 e. The van der Waals surface area contributed by atoms with E-state index in [4.69, 9.17) is 19.5 Å². The monoisotopic (exact) mass is 704 g/mol. The lowest BCUT2D eigenvalue weighted by Crippen LogP contribution is -2.15. The SMILES string of the molecule is CC(=Nc1cc2sc(-c3ccc(N4c5ccccc5Oc5ccccc54)cc3)nc2cc1C)c1ccc(N2c3ccccc3Oc3ccccc32)cc1. The van der Waals surface area contributed by atoms with E-state index in [1.165, 1.54) is 0 Å². The fourth-order valence-electron chi connectivity index (χ4n) is 7.13. The molecule has 2 aliphatic heterocycles. The van der Waals surface area contributed by atoms with E-state index in [9.17, 15) is 0 Å². The molecule has 3 heterocycles. The lowest BCUT2D eigenvalue weighted by Gasteiger charge is -2.32. The van der Waals surface area contributed by atoms with Crippen LogP contribution >= 0.6 is 11.3 Å². The molecule has 0 bridgehead atoms. The number of aromatic nitrogens is 1. The number of anilines is 6. The Balaban J connectivity index is 0.926. The zero-order chi connectivity index (χ0) is 35.5. The van der Waals surface area contributed by atoms with E-state index in [-0.39, 0.29) is 0 Å². The smallest absolute Gasteiger partial charge is 0.151 e. The number of rotatable bonds is 5. The first kappa shape index (κ1) is 31.1. The van der Waals surface area contributed by atoms with E-state index in [1.807, 2.05) is 72.8 Å². The molecule has 8 aromatic rings. The quantitative estimate of drug-likeness (QED) is 0.167. The van der Waals surface area contributed by atoms with Gasteiger partial charge in [0, 0.05) is 22.6 Å². The summed E-state index contributed by atoms with van der Waals surface area (Å²) in [5, 5.41) is 0.980. The van der Waals surface area contributed by atoms with Gasteiger partial charge in [0.05, 0.1) is 38.7 Å². The van der Waals surface area contributed by atoms with Crippen molar-refractivity contribution in [2.75, 3.05) is 9.80 Å². The highest BCUT2D eigenvalue weighted by atomic mass is 32.1. The first-order valence-electron chi connectivity index (χ1n) is 17.6. The number of nitrogens with zero attached hydrogens (tertiary/aromatic N) is 4. The van der Waals surface area contributed by atoms with Crippen molar-refractivity contribution >= 4 is 67.1 Å². The molecule has 0 saturated carbocycles. The van der Waals surface area contributed by atoms with Gasteiger partial charge in [-0.15, -0.1) is 11.3 Å². The summed E-state index contributed by atoms with van der Waals surface area (Å²) in [5.74, 6) is 3.36. The molecule has 6 nitrogen and oxygen atoms in total. The molecule has 0 N–H and O–H groups in total. The van der Waals surface area contributed by atoms with Gasteiger partial charge in [0.1, 0.15) is 5.01 Å². The molecule has 53 heavy (non-hydrogen) atoms. The standard InChI is InChI=1S/C46H32N4O2S/c1-29-27-36-45(53-46(48-36)32-21-25-34(26-22-32)50-39-13-5-9-17-43(39)52-44-18-10-6-14-40(44)50)28-35(29)47-30(2)31-19-23-33(24-20-31)49-37-11-3-7-15-41(37)51-42-16-8-4-12-38(42)49/h3-28H,1-2H3. The van der Waals surface area contributed by atoms with Crippen LogP contribution in [0, 0.1) is 6.92 Å². The maximum absolute atomic E-state index is 6.21. The molecule has 0 spiro atoms. The fourth-order valence-corrected chi connectivity index (χ4v) is 8.11. The van der Waals surface area contributed by atoms with Gasteiger partial charge in [-0.3, -0.25) is 4.99 Å². The Morgan fingerprint density at radius 2 is 1.02 bits per heavy atom. The second kappa shape index (κ2) is 12.5. The van der Waals surface area contributed by atoms with Crippen molar-refractivity contribution in [2.24, 2.45) is 4.99 Å². The minimum Gasteiger partial charge on any atom is -0.453 e. The third-order valence-corrected chi connectivity index (χ3v) is 10.8. The summed E-state index contributed by atoms with van der Waals surface area (Å²) in [4.78, 5) is 14.7. The van der Waals surface area contributed by atoms with Crippen molar-refractivity contribution in [3.63, 3.8) is 0 Å². The summed E-state index contributed by atoms with van der Waals surface area (Å²) in [6, 6.07) is 54.1. The molecular weight excluding hydrogens is 673 g/mol. The van der Waals surface area contributed by atoms with Crippen LogP contribution in [0.3, 0.4) is 0 Å². The predicted molar refractivity (Wildman–Crippen MR) is 218 cm³/mol. The van der Waals surface area contributed by atoms with Crippen molar-refractivity contribution in [1.29, 1.82) is 0 Å². The zero-order valence-corrected chi connectivity index (χ0v) is 29.8. The molecule has 0 atom stereocenters. The Hall–Kier alpha value is -6.70. The Morgan fingerprint density at radius 1 is 0.566 bits per heavy atom. The molecule has 254 valence electrons. The molecule has 7 heteroatoms. The third-order valence-electron chi connectivity index (χ3n) is 9.77. The second-order valence-corrected chi connectivity index (χ2v) is 14.2. The van der Waals surface area contributed by atoms with E-state index in [0.717, 1.165) is 100 Å². The van der Waals surface area contributed by atoms with Crippen molar-refractivity contribution in [3.05, 3.63) is 169 Å². The van der Waals surface area contributed by atoms with Crippen LogP contribution in [0.25, 0.3) is 20.8 Å². The van der Waals surface area contributed by atoms with E-state index in [0.29, 0.717) is 0 Å². The van der Waals surface area contributed by atoms with Gasteiger partial charge < -0.3 is 19.3 Å². The lowest BCUT2D eigenvalue weighted by atomic mass is 10.1. The number of fused-ring (bicyclic) bond motifs is 5. The highest BCUT2D eigenvalue weighted by molar-refractivity contribution is 7.21. The summed E-state index contributed by atoms with van der Waals surface area (Å²) in [6.07, 6.45) is 0. The van der Waals surface area contributed by atoms with E-state index < -0.39 is 0 Å². The van der Waals surface area contributed by atoms with Gasteiger partial charge in [-0.2, -0.15) is 0 Å². The average Bonchev–Trinajstić information content (AvgIpc) is 3.62. The average molecular weight is 705 g/mol. The van der Waals surface area contributed by atoms with Crippen LogP contribution in [-0.2, 0) is 0 Å². The highest BCUT2D eigenvalue weighted by Gasteiger charge is 2.26. The van der Waals surface area contributed by atoms with Gasteiger partial charge in [0.15, 0.2) is 23.0 Å². The normalized spacial score (nSPS) is 13.1. The van der Waals surface area contributed by atoms with Crippen molar-refractivity contribution in [1.82, 2.24) is 4.98 Å². The summed E-state index contributed by atoms with van der Waals surface area (Å²) >= 11 is 1.69. The maximum atomic E-state index is 6.21. The van der Waals surface area contributed by atoms with E-state index in [2.05, 4.69) is 109 Å². The second-order valence-electron chi connectivity index (χ2n) is 13.2.